The maximum atomic E-state index is 12.5. The molecule has 5 heteroatoms. The summed E-state index contributed by atoms with van der Waals surface area (Å²) in [7, 11) is 0. The van der Waals surface area contributed by atoms with Crippen LogP contribution in [0.1, 0.15) is 44.5 Å². The summed E-state index contributed by atoms with van der Waals surface area (Å²) < 4.78 is 0. The van der Waals surface area contributed by atoms with E-state index in [1.165, 1.54) is 5.57 Å². The molecule has 5 nitrogen and oxygen atoms in total. The molecule has 1 aromatic rings. The topological polar surface area (TPSA) is 78.4 Å². The summed E-state index contributed by atoms with van der Waals surface area (Å²) in [6, 6.07) is 6.86. The van der Waals surface area contributed by atoms with E-state index < -0.39 is 0 Å². The average molecular weight is 344 g/mol. The van der Waals surface area contributed by atoms with Gasteiger partial charge in [0.1, 0.15) is 0 Å². The van der Waals surface area contributed by atoms with Gasteiger partial charge in [-0.05, 0) is 55.9 Å². The van der Waals surface area contributed by atoms with E-state index >= 15 is 0 Å². The highest BCUT2D eigenvalue weighted by Gasteiger charge is 2.60. The number of hydrogen-bond acceptors (Lipinski definition) is 3. The molecule has 0 saturated heterocycles. The number of anilines is 1. The molecule has 0 spiro atoms. The van der Waals surface area contributed by atoms with Crippen LogP contribution in [0.15, 0.2) is 35.9 Å². The van der Waals surface area contributed by atoms with E-state index in [9.17, 15) is 9.59 Å². The van der Waals surface area contributed by atoms with Gasteiger partial charge in [-0.2, -0.15) is 0 Å². The maximum absolute atomic E-state index is 12.5. The van der Waals surface area contributed by atoms with Gasteiger partial charge >= 0.3 is 0 Å². The van der Waals surface area contributed by atoms with E-state index in [1.807, 2.05) is 13.8 Å². The van der Waals surface area contributed by atoms with Crippen LogP contribution in [0.4, 0.5) is 5.69 Å². The number of carbonyl (C=O) groups is 2. The van der Waals surface area contributed by atoms with E-state index in [0.29, 0.717) is 24.2 Å². The summed E-state index contributed by atoms with van der Waals surface area (Å²) in [5, 5.41) is 14.4. The first-order valence-corrected chi connectivity index (χ1v) is 8.72. The minimum atomic E-state index is -0.182. The molecule has 3 N–H and O–H groups in total. The lowest BCUT2D eigenvalue weighted by molar-refractivity contribution is -0.118. The number of aliphatic hydroxyl groups excluding tert-OH is 1. The Hall–Kier alpha value is -2.14. The fourth-order valence-electron chi connectivity index (χ4n) is 3.16. The van der Waals surface area contributed by atoms with E-state index in [0.717, 1.165) is 0 Å². The van der Waals surface area contributed by atoms with Crippen molar-refractivity contribution in [2.75, 3.05) is 18.5 Å². The smallest absolute Gasteiger partial charge is 0.251 e. The molecule has 136 valence electrons. The second-order valence-corrected chi connectivity index (χ2v) is 7.47. The van der Waals surface area contributed by atoms with Crippen molar-refractivity contribution in [3.63, 3.8) is 0 Å². The van der Waals surface area contributed by atoms with Gasteiger partial charge in [-0.25, -0.2) is 0 Å². The largest absolute Gasteiger partial charge is 0.396 e. The van der Waals surface area contributed by atoms with E-state index in [4.69, 9.17) is 5.11 Å². The van der Waals surface area contributed by atoms with Crippen LogP contribution in [-0.4, -0.2) is 30.1 Å². The molecule has 2 amide bonds. The number of allylic oxidation sites excluding steroid dienone is 2. The second kappa shape index (κ2) is 7.83. The molecule has 2 rings (SSSR count). The number of benzene rings is 1. The molecule has 2 unspecified atom stereocenters. The average Bonchev–Trinajstić information content (AvgIpc) is 3.08. The van der Waals surface area contributed by atoms with Crippen molar-refractivity contribution in [1.82, 2.24) is 5.32 Å². The van der Waals surface area contributed by atoms with Gasteiger partial charge in [0.2, 0.25) is 5.91 Å². The van der Waals surface area contributed by atoms with E-state index in [-0.39, 0.29) is 35.7 Å². The number of amides is 2. The lowest BCUT2D eigenvalue weighted by Crippen LogP contribution is -2.25. The Balaban J connectivity index is 1.94. The molecular weight excluding hydrogens is 316 g/mol. The molecule has 0 aromatic heterocycles. The van der Waals surface area contributed by atoms with Gasteiger partial charge < -0.3 is 15.7 Å². The highest BCUT2D eigenvalue weighted by molar-refractivity contribution is 5.97. The van der Waals surface area contributed by atoms with Crippen molar-refractivity contribution in [2.45, 2.75) is 34.1 Å². The Kier molecular flexibility index (Phi) is 6.01. The summed E-state index contributed by atoms with van der Waals surface area (Å²) in [4.78, 5) is 24.4. The first-order chi connectivity index (χ1) is 11.8. The predicted molar refractivity (Wildman–Crippen MR) is 99.3 cm³/mol. The van der Waals surface area contributed by atoms with Gasteiger partial charge in [0.15, 0.2) is 0 Å². The third-order valence-corrected chi connectivity index (χ3v) is 4.74. The van der Waals surface area contributed by atoms with Crippen LogP contribution < -0.4 is 10.6 Å². The summed E-state index contributed by atoms with van der Waals surface area (Å²) >= 11 is 0. The zero-order chi connectivity index (χ0) is 18.6. The molecule has 0 heterocycles. The van der Waals surface area contributed by atoms with Gasteiger partial charge in [0, 0.05) is 24.4 Å². The number of aliphatic hydroxyl groups is 1. The summed E-state index contributed by atoms with van der Waals surface area (Å²) in [6.07, 6.45) is 2.70. The zero-order valence-corrected chi connectivity index (χ0v) is 15.4. The van der Waals surface area contributed by atoms with Crippen LogP contribution in [0, 0.1) is 17.3 Å². The Bertz CT molecular complexity index is 658. The normalized spacial score (nSPS) is 20.5. The van der Waals surface area contributed by atoms with Crippen molar-refractivity contribution < 1.29 is 14.7 Å². The van der Waals surface area contributed by atoms with Crippen molar-refractivity contribution in [2.24, 2.45) is 17.3 Å². The van der Waals surface area contributed by atoms with Crippen LogP contribution in [0.25, 0.3) is 0 Å². The maximum Gasteiger partial charge on any atom is 0.251 e. The fourth-order valence-corrected chi connectivity index (χ4v) is 3.16. The van der Waals surface area contributed by atoms with Gasteiger partial charge in [-0.15, -0.1) is 0 Å². The quantitative estimate of drug-likeness (QED) is 0.525. The number of rotatable bonds is 7. The Labute approximate surface area is 149 Å². The molecule has 0 aliphatic heterocycles. The van der Waals surface area contributed by atoms with E-state index in [1.54, 1.807) is 24.3 Å². The molecule has 1 aromatic carbocycles. The Morgan fingerprint density at radius 1 is 1.20 bits per heavy atom. The molecule has 0 radical (unpaired) electrons. The lowest BCUT2D eigenvalue weighted by atomic mass is 10.1. The number of hydrogen-bond donors (Lipinski definition) is 3. The molecule has 25 heavy (non-hydrogen) atoms. The first-order valence-electron chi connectivity index (χ1n) is 8.72. The Morgan fingerprint density at radius 3 is 2.40 bits per heavy atom. The molecule has 0 bridgehead atoms. The highest BCUT2D eigenvalue weighted by atomic mass is 16.3. The highest BCUT2D eigenvalue weighted by Crippen LogP contribution is 2.59. The standard InChI is InChI=1S/C20H28N2O3/c1-13(2)12-16-17(20(16,3)4)19(25)22-15-8-6-14(7-9-15)18(24)21-10-5-11-23/h6-9,12,16-17,23H,5,10-11H2,1-4H3,(H,21,24)(H,22,25). The van der Waals surface area contributed by atoms with Gasteiger partial charge in [0.25, 0.3) is 5.91 Å². The van der Waals surface area contributed by atoms with Crippen LogP contribution in [0.3, 0.4) is 0 Å². The SMILES string of the molecule is CC(C)=CC1C(C(=O)Nc2ccc(C(=O)NCCCO)cc2)C1(C)C. The van der Waals surface area contributed by atoms with Gasteiger partial charge in [0.05, 0.1) is 5.92 Å². The van der Waals surface area contributed by atoms with Crippen LogP contribution in [-0.2, 0) is 4.79 Å². The van der Waals surface area contributed by atoms with Crippen molar-refractivity contribution >= 4 is 17.5 Å². The molecular formula is C20H28N2O3. The fraction of sp³-hybridized carbons (Fsp3) is 0.500. The molecule has 2 atom stereocenters. The monoisotopic (exact) mass is 344 g/mol. The zero-order valence-electron chi connectivity index (χ0n) is 15.4. The lowest BCUT2D eigenvalue weighted by Gasteiger charge is -2.08. The van der Waals surface area contributed by atoms with Gasteiger partial charge in [-0.1, -0.05) is 25.5 Å². The third kappa shape index (κ3) is 4.69. The molecule has 1 fully saturated rings. The molecule has 1 aliphatic rings. The van der Waals surface area contributed by atoms with Crippen molar-refractivity contribution in [3.8, 4) is 0 Å². The summed E-state index contributed by atoms with van der Waals surface area (Å²) in [6.45, 7) is 8.82. The molecule has 1 saturated carbocycles. The van der Waals surface area contributed by atoms with Crippen LogP contribution in [0.2, 0.25) is 0 Å². The molecule has 1 aliphatic carbocycles. The van der Waals surface area contributed by atoms with E-state index in [2.05, 4.69) is 30.6 Å². The number of nitrogens with one attached hydrogen (secondary N) is 2. The summed E-state index contributed by atoms with van der Waals surface area (Å²) in [5.41, 5.74) is 2.43. The minimum absolute atomic E-state index is 0.0200. The van der Waals surface area contributed by atoms with Crippen LogP contribution in [0.5, 0.6) is 0 Å². The Morgan fingerprint density at radius 2 is 1.84 bits per heavy atom. The number of carbonyl (C=O) groups excluding carboxylic acids is 2. The van der Waals surface area contributed by atoms with Crippen LogP contribution >= 0.6 is 0 Å². The van der Waals surface area contributed by atoms with Gasteiger partial charge in [-0.3, -0.25) is 9.59 Å². The van der Waals surface area contributed by atoms with Crippen molar-refractivity contribution in [3.05, 3.63) is 41.5 Å². The second-order valence-electron chi connectivity index (χ2n) is 7.47. The van der Waals surface area contributed by atoms with Crippen molar-refractivity contribution in [1.29, 1.82) is 0 Å². The summed E-state index contributed by atoms with van der Waals surface area (Å²) in [5.74, 6) is 0.0869. The third-order valence-electron chi connectivity index (χ3n) is 4.74. The minimum Gasteiger partial charge on any atom is -0.396 e. The predicted octanol–water partition coefficient (Wildman–Crippen LogP) is 2.98. The first kappa shape index (κ1) is 19.2.